The van der Waals surface area contributed by atoms with Crippen molar-refractivity contribution in [3.8, 4) is 21.6 Å². The number of aromatic nitrogens is 1. The van der Waals surface area contributed by atoms with Crippen LogP contribution in [-0.4, -0.2) is 147 Å². The maximum absolute atomic E-state index is 14.0. The molecule has 3 fully saturated rings. The van der Waals surface area contributed by atoms with Gasteiger partial charge in [-0.2, -0.15) is 0 Å². The third-order valence-electron chi connectivity index (χ3n) is 13.3. The fourth-order valence-electron chi connectivity index (χ4n) is 9.38. The molecule has 14 nitrogen and oxygen atoms in total. The van der Waals surface area contributed by atoms with Crippen molar-refractivity contribution < 1.29 is 33.7 Å². The molecule has 3 aromatic carbocycles. The molecule has 4 heterocycles. The van der Waals surface area contributed by atoms with Crippen LogP contribution < -0.4 is 20.4 Å². The number of hydrogen-bond donors (Lipinski definition) is 3. The summed E-state index contributed by atoms with van der Waals surface area (Å²) in [6.45, 7) is 20.4. The number of anilines is 2. The minimum Gasteiger partial charge on any atom is -0.391 e. The Labute approximate surface area is 401 Å². The van der Waals surface area contributed by atoms with E-state index in [1.165, 1.54) is 33.0 Å². The lowest BCUT2D eigenvalue weighted by Crippen LogP contribution is -2.58. The summed E-state index contributed by atoms with van der Waals surface area (Å²) in [6.07, 6.45) is 1.41. The van der Waals surface area contributed by atoms with E-state index >= 15 is 0 Å². The molecule has 15 heteroatoms. The third kappa shape index (κ3) is 13.2. The maximum Gasteiger partial charge on any atom is 0.246 e. The second-order valence-electron chi connectivity index (χ2n) is 19.1. The number of nitrogens with zero attached hydrogens (tertiary/aromatic N) is 5. The first-order valence-electron chi connectivity index (χ1n) is 24.0. The van der Waals surface area contributed by atoms with Gasteiger partial charge < -0.3 is 44.7 Å². The molecule has 0 aliphatic carbocycles. The highest BCUT2D eigenvalue weighted by Gasteiger charge is 2.44. The minimum atomic E-state index is -0.935. The predicted molar refractivity (Wildman–Crippen MR) is 265 cm³/mol. The van der Waals surface area contributed by atoms with E-state index in [0.29, 0.717) is 19.3 Å². The molecule has 3 N–H and O–H groups in total. The van der Waals surface area contributed by atoms with Gasteiger partial charge in [-0.25, -0.2) is 4.98 Å². The Morgan fingerprint density at radius 3 is 2.27 bits per heavy atom. The number of carbonyl (C=O) groups is 3. The first-order valence-corrected chi connectivity index (χ1v) is 24.9. The first kappa shape index (κ1) is 50.0. The van der Waals surface area contributed by atoms with Gasteiger partial charge in [0.25, 0.3) is 0 Å². The van der Waals surface area contributed by atoms with Crippen molar-refractivity contribution in [1.29, 1.82) is 0 Å². The molecule has 0 bridgehead atoms. The standard InChI is InChI=1S/C52H71N7O7S/c1-7-58(43-18-25-64-26-19-43)45-30-41(11-8-36(45)2)39-14-16-42(17-15-39)57-22-20-56(21-23-57)24-27-65-28-29-66-34-47(61)55-49(52(4,5)6)51(63)59-33-44(60)31-46(59)50(62)53-32-38-9-12-40(13-10-38)48-37(3)54-35-67-48/h8-17,30,35,43-44,46,49,60H,7,18-29,31-34H2,1-6H3,(H,53,62)(H,55,61)/t44-,46+,49-/m1/s1. The predicted octanol–water partition coefficient (Wildman–Crippen LogP) is 6.06. The quantitative estimate of drug-likeness (QED) is 0.0943. The number of likely N-dealkylation sites (tertiary alicyclic amines) is 1. The molecule has 3 aliphatic heterocycles. The van der Waals surface area contributed by atoms with Crippen LogP contribution in [0.3, 0.4) is 0 Å². The van der Waals surface area contributed by atoms with Crippen LogP contribution in [0.2, 0.25) is 0 Å². The van der Waals surface area contributed by atoms with E-state index in [0.717, 1.165) is 87.0 Å². The lowest BCUT2D eigenvalue weighted by atomic mass is 9.85. The Morgan fingerprint density at radius 2 is 1.60 bits per heavy atom. The third-order valence-corrected chi connectivity index (χ3v) is 14.3. The number of piperazine rings is 1. The number of amides is 3. The number of hydrogen-bond acceptors (Lipinski definition) is 12. The van der Waals surface area contributed by atoms with Crippen LogP contribution in [0.4, 0.5) is 11.4 Å². The van der Waals surface area contributed by atoms with Gasteiger partial charge in [-0.05, 0) is 85.0 Å². The number of aliphatic hydroxyl groups excluding tert-OH is 1. The summed E-state index contributed by atoms with van der Waals surface area (Å²) in [5.41, 5.74) is 10.4. The molecule has 0 spiro atoms. The van der Waals surface area contributed by atoms with Crippen LogP contribution in [0.1, 0.15) is 63.8 Å². The number of aryl methyl sites for hydroxylation is 2. The molecule has 3 atom stereocenters. The highest BCUT2D eigenvalue weighted by molar-refractivity contribution is 7.13. The summed E-state index contributed by atoms with van der Waals surface area (Å²) in [4.78, 5) is 54.8. The summed E-state index contributed by atoms with van der Waals surface area (Å²) < 4.78 is 17.2. The Hall–Kier alpha value is -4.90. The molecule has 3 saturated heterocycles. The van der Waals surface area contributed by atoms with E-state index in [9.17, 15) is 19.5 Å². The second-order valence-corrected chi connectivity index (χ2v) is 20.0. The number of aliphatic hydroxyl groups is 1. The highest BCUT2D eigenvalue weighted by Crippen LogP contribution is 2.33. The Bertz CT molecular complexity index is 2230. The summed E-state index contributed by atoms with van der Waals surface area (Å²) >= 11 is 1.58. The largest absolute Gasteiger partial charge is 0.391 e. The molecule has 67 heavy (non-hydrogen) atoms. The molecule has 362 valence electrons. The smallest absolute Gasteiger partial charge is 0.246 e. The number of nitrogens with one attached hydrogen (secondary N) is 2. The summed E-state index contributed by atoms with van der Waals surface area (Å²) in [7, 11) is 0. The number of carbonyl (C=O) groups excluding carboxylic acids is 3. The number of rotatable bonds is 19. The molecule has 7 rings (SSSR count). The van der Waals surface area contributed by atoms with Crippen LogP contribution in [0.5, 0.6) is 0 Å². The summed E-state index contributed by atoms with van der Waals surface area (Å²) in [6, 6.07) is 22.5. The van der Waals surface area contributed by atoms with E-state index in [2.05, 4.69) is 86.6 Å². The van der Waals surface area contributed by atoms with Crippen molar-refractivity contribution in [2.24, 2.45) is 5.41 Å². The average Bonchev–Trinajstić information content (AvgIpc) is 3.95. The van der Waals surface area contributed by atoms with E-state index in [1.807, 2.05) is 57.5 Å². The SMILES string of the molecule is CCN(c1cc(-c2ccc(N3CCN(CCOCCOCC(=O)N[C@H](C(=O)N4C[C@H](O)C[C@H]4C(=O)NCc4ccc(-c5scnc5C)cc4)C(C)(C)C)CC3)cc2)ccc1C)C1CCOCC1. The van der Waals surface area contributed by atoms with E-state index < -0.39 is 35.4 Å². The van der Waals surface area contributed by atoms with Gasteiger partial charge in [-0.1, -0.05) is 69.3 Å². The molecule has 0 saturated carbocycles. The minimum absolute atomic E-state index is 0.00546. The van der Waals surface area contributed by atoms with Gasteiger partial charge in [-0.3, -0.25) is 19.3 Å². The lowest BCUT2D eigenvalue weighted by molar-refractivity contribution is -0.144. The van der Waals surface area contributed by atoms with Crippen molar-refractivity contribution in [3.63, 3.8) is 0 Å². The second kappa shape index (κ2) is 23.4. The van der Waals surface area contributed by atoms with Crippen LogP contribution in [-0.2, 0) is 35.1 Å². The van der Waals surface area contributed by atoms with Crippen molar-refractivity contribution >= 4 is 40.4 Å². The number of thiazole rings is 1. The summed E-state index contributed by atoms with van der Waals surface area (Å²) in [5.74, 6) is -1.20. The van der Waals surface area contributed by atoms with Gasteiger partial charge in [0.05, 0.1) is 42.0 Å². The van der Waals surface area contributed by atoms with Crippen molar-refractivity contribution in [2.45, 2.75) is 91.6 Å². The molecule has 0 unspecified atom stereocenters. The zero-order valence-electron chi connectivity index (χ0n) is 40.3. The van der Waals surface area contributed by atoms with E-state index in [4.69, 9.17) is 14.2 Å². The fourth-order valence-corrected chi connectivity index (χ4v) is 10.2. The highest BCUT2D eigenvalue weighted by atomic mass is 32.1. The van der Waals surface area contributed by atoms with E-state index in [1.54, 1.807) is 11.3 Å². The van der Waals surface area contributed by atoms with Gasteiger partial charge in [-0.15, -0.1) is 11.3 Å². The molecule has 3 aliphatic rings. The van der Waals surface area contributed by atoms with E-state index in [-0.39, 0.29) is 38.6 Å². The van der Waals surface area contributed by atoms with Crippen LogP contribution in [0, 0.1) is 19.3 Å². The number of ether oxygens (including phenoxy) is 3. The maximum atomic E-state index is 14.0. The Kier molecular flexibility index (Phi) is 17.5. The van der Waals surface area contributed by atoms with Gasteiger partial charge in [0.1, 0.15) is 18.7 Å². The van der Waals surface area contributed by atoms with Crippen LogP contribution in [0.25, 0.3) is 21.6 Å². The van der Waals surface area contributed by atoms with Gasteiger partial charge in [0.2, 0.25) is 17.7 Å². The zero-order valence-corrected chi connectivity index (χ0v) is 41.1. The Balaban J connectivity index is 0.790. The molecule has 4 aromatic rings. The molecule has 3 amide bonds. The Morgan fingerprint density at radius 1 is 0.910 bits per heavy atom. The first-order chi connectivity index (χ1) is 32.3. The van der Waals surface area contributed by atoms with Crippen LogP contribution >= 0.6 is 11.3 Å². The number of β-amino-alcohol motifs (C(OH)–C–C–N with tert-alkyl or cyclic N) is 1. The van der Waals surface area contributed by atoms with Gasteiger partial charge >= 0.3 is 0 Å². The molecule has 1 aromatic heterocycles. The van der Waals surface area contributed by atoms with Crippen molar-refractivity contribution in [2.75, 3.05) is 95.3 Å². The average molecular weight is 938 g/mol. The normalized spacial score (nSPS) is 18.8. The molecular formula is C52H71N7O7S. The lowest BCUT2D eigenvalue weighted by Gasteiger charge is -2.36. The monoisotopic (exact) mass is 938 g/mol. The van der Waals surface area contributed by atoms with Crippen molar-refractivity contribution in [3.05, 3.63) is 89.1 Å². The van der Waals surface area contributed by atoms with Gasteiger partial charge in [0, 0.05) is 89.4 Å². The molecule has 0 radical (unpaired) electrons. The number of benzene rings is 3. The summed E-state index contributed by atoms with van der Waals surface area (Å²) in [5, 5.41) is 16.4. The van der Waals surface area contributed by atoms with Crippen LogP contribution in [0.15, 0.2) is 72.2 Å². The topological polar surface area (TPSA) is 149 Å². The zero-order chi connectivity index (χ0) is 47.5. The molecular weight excluding hydrogens is 867 g/mol. The fraction of sp³-hybridized carbons (Fsp3) is 0.538. The van der Waals surface area contributed by atoms with Gasteiger partial charge in [0.15, 0.2) is 0 Å². The van der Waals surface area contributed by atoms with Crippen molar-refractivity contribution in [1.82, 2.24) is 25.4 Å².